The minimum Gasteiger partial charge on any atom is -0.465 e. The highest BCUT2D eigenvalue weighted by atomic mass is 35.5. The van der Waals surface area contributed by atoms with Gasteiger partial charge in [0.1, 0.15) is 34.4 Å². The molecule has 7 rings (SSSR count). The Balaban J connectivity index is 1.46. The number of piperazine rings is 1. The summed E-state index contributed by atoms with van der Waals surface area (Å²) >= 11 is 8.27. The number of nitrogens with zero attached hydrogens (tertiary/aromatic N) is 5. The Morgan fingerprint density at radius 3 is 2.54 bits per heavy atom. The minimum absolute atomic E-state index is 0.0258. The fraction of sp³-hybridized carbons (Fsp3) is 0.441. The van der Waals surface area contributed by atoms with E-state index in [1.54, 1.807) is 33.8 Å². The third kappa shape index (κ3) is 5.79. The number of halogens is 2. The number of carboxylic acid groups (broad SMARTS) is 1. The summed E-state index contributed by atoms with van der Waals surface area (Å²) in [6, 6.07) is 4.65. The number of rotatable bonds is 6. The average Bonchev–Trinajstić information content (AvgIpc) is 3.74. The van der Waals surface area contributed by atoms with Crippen molar-refractivity contribution in [2.24, 2.45) is 0 Å². The predicted octanol–water partition coefficient (Wildman–Crippen LogP) is 6.64. The number of fused-ring (bicyclic) bond motifs is 6. The zero-order valence-corrected chi connectivity index (χ0v) is 29.2. The number of likely N-dealkylation sites (tertiary alicyclic amines) is 1. The topological polar surface area (TPSA) is 170 Å². The summed E-state index contributed by atoms with van der Waals surface area (Å²) in [5.41, 5.74) is 1.98. The SMILES string of the molecule is C[C@@H](CO)Oc1nc(N2C3CCC2CN(C(=O)O)C3)c2c3c(c(-c4ccc(F)c5sc(NC(=O)OC(C)(C)C)c(C#N)c45)c(Cl)c2n1)COC3. The van der Waals surface area contributed by atoms with Gasteiger partial charge in [0.25, 0.3) is 0 Å². The number of nitriles is 1. The lowest BCUT2D eigenvalue weighted by atomic mass is 9.90. The summed E-state index contributed by atoms with van der Waals surface area (Å²) in [5, 5.41) is 33.7. The Morgan fingerprint density at radius 2 is 1.90 bits per heavy atom. The second kappa shape index (κ2) is 12.7. The highest BCUT2D eigenvalue weighted by molar-refractivity contribution is 7.23. The molecular weight excluding hydrogens is 691 g/mol. The maximum absolute atomic E-state index is 15.5. The second-order valence-electron chi connectivity index (χ2n) is 13.6. The number of carbonyl (C=O) groups is 2. The predicted molar refractivity (Wildman–Crippen MR) is 184 cm³/mol. The number of aliphatic hydroxyl groups is 1. The van der Waals surface area contributed by atoms with E-state index in [0.29, 0.717) is 46.5 Å². The van der Waals surface area contributed by atoms with Gasteiger partial charge in [-0.3, -0.25) is 5.32 Å². The molecule has 0 spiro atoms. The maximum atomic E-state index is 15.5. The van der Waals surface area contributed by atoms with Crippen LogP contribution in [0.4, 0.5) is 24.8 Å². The number of amides is 2. The van der Waals surface area contributed by atoms with Crippen molar-refractivity contribution in [1.82, 2.24) is 14.9 Å². The second-order valence-corrected chi connectivity index (χ2v) is 15.0. The van der Waals surface area contributed by atoms with Gasteiger partial charge in [-0.15, -0.1) is 11.3 Å². The third-order valence-corrected chi connectivity index (χ3v) is 10.6. The molecule has 3 atom stereocenters. The lowest BCUT2D eigenvalue weighted by Crippen LogP contribution is -2.55. The number of hydrogen-bond acceptors (Lipinski definition) is 11. The molecule has 3 aliphatic rings. The minimum atomic E-state index is -0.975. The lowest BCUT2D eigenvalue weighted by Gasteiger charge is -2.41. The number of hydrogen-bond donors (Lipinski definition) is 3. The number of aromatic nitrogens is 2. The monoisotopic (exact) mass is 724 g/mol. The van der Waals surface area contributed by atoms with E-state index >= 15 is 4.39 Å². The molecular formula is C34H34ClFN6O7S. The Kier molecular flexibility index (Phi) is 8.62. The summed E-state index contributed by atoms with van der Waals surface area (Å²) < 4.78 is 33.0. The van der Waals surface area contributed by atoms with Gasteiger partial charge in [-0.05, 0) is 63.3 Å². The van der Waals surface area contributed by atoms with E-state index in [2.05, 4.69) is 16.3 Å². The third-order valence-electron chi connectivity index (χ3n) is 9.10. The fourth-order valence-corrected chi connectivity index (χ4v) is 8.53. The van der Waals surface area contributed by atoms with E-state index in [9.17, 15) is 25.1 Å². The van der Waals surface area contributed by atoms with Crippen LogP contribution in [0, 0.1) is 17.1 Å². The quantitative estimate of drug-likeness (QED) is 0.195. The van der Waals surface area contributed by atoms with Crippen molar-refractivity contribution in [1.29, 1.82) is 5.26 Å². The first-order chi connectivity index (χ1) is 23.8. The molecule has 262 valence electrons. The molecule has 2 amide bonds. The molecule has 2 fully saturated rings. The van der Waals surface area contributed by atoms with Crippen LogP contribution in [-0.2, 0) is 22.7 Å². The van der Waals surface area contributed by atoms with Crippen LogP contribution in [0.5, 0.6) is 6.01 Å². The summed E-state index contributed by atoms with van der Waals surface area (Å²) in [7, 11) is 0. The molecule has 0 radical (unpaired) electrons. The van der Waals surface area contributed by atoms with Crippen molar-refractivity contribution in [2.45, 2.75) is 77.5 Å². The van der Waals surface area contributed by atoms with E-state index in [1.807, 2.05) is 0 Å². The van der Waals surface area contributed by atoms with Gasteiger partial charge in [0.2, 0.25) is 0 Å². The zero-order chi connectivity index (χ0) is 35.6. The molecule has 3 N–H and O–H groups in total. The van der Waals surface area contributed by atoms with Gasteiger partial charge in [0.05, 0.1) is 46.0 Å². The molecule has 0 saturated carbocycles. The maximum Gasteiger partial charge on any atom is 0.412 e. The molecule has 2 aromatic heterocycles. The molecule has 50 heavy (non-hydrogen) atoms. The van der Waals surface area contributed by atoms with Crippen LogP contribution in [-0.4, -0.2) is 80.8 Å². The van der Waals surface area contributed by atoms with E-state index in [4.69, 9.17) is 35.8 Å². The number of ether oxygens (including phenoxy) is 3. The van der Waals surface area contributed by atoms with Crippen LogP contribution >= 0.6 is 22.9 Å². The number of carbonyl (C=O) groups excluding carboxylic acids is 1. The Labute approximate surface area is 295 Å². The van der Waals surface area contributed by atoms with Crippen LogP contribution in [0.15, 0.2) is 12.1 Å². The lowest BCUT2D eigenvalue weighted by molar-refractivity contribution is 0.0636. The first kappa shape index (κ1) is 34.0. The van der Waals surface area contributed by atoms with E-state index in [1.165, 1.54) is 11.0 Å². The van der Waals surface area contributed by atoms with Gasteiger partial charge in [-0.2, -0.15) is 15.2 Å². The van der Waals surface area contributed by atoms with Crippen LogP contribution < -0.4 is 15.0 Å². The van der Waals surface area contributed by atoms with Crippen molar-refractivity contribution in [2.75, 3.05) is 29.9 Å². The number of thiophene rings is 1. The largest absolute Gasteiger partial charge is 0.465 e. The molecule has 4 aromatic rings. The highest BCUT2D eigenvalue weighted by Gasteiger charge is 2.44. The fourth-order valence-electron chi connectivity index (χ4n) is 7.11. The molecule has 3 aliphatic heterocycles. The standard InChI is InChI=1S/C34H34ClFN6O7S/c1-15(12-43)48-31-38-27-25(29(39-31)42-16-5-6-17(42)11-41(10-16)33(45)46)21-14-47-13-20(21)23(26(27)35)18-7-8-22(36)28-24(18)19(9-37)30(50-28)40-32(44)49-34(2,3)4/h7-8,15-17,43H,5-6,10-14H2,1-4H3,(H,40,44)(H,45,46)/t15-,16?,17?/m0/s1. The smallest absolute Gasteiger partial charge is 0.412 e. The molecule has 2 unspecified atom stereocenters. The number of benzene rings is 2. The van der Waals surface area contributed by atoms with Crippen LogP contribution in [0.25, 0.3) is 32.1 Å². The summed E-state index contributed by atoms with van der Waals surface area (Å²) in [5.74, 6) is -0.0502. The number of aliphatic hydroxyl groups excluding tert-OH is 1. The molecule has 2 saturated heterocycles. The number of anilines is 2. The van der Waals surface area contributed by atoms with Crippen molar-refractivity contribution in [3.8, 4) is 23.2 Å². The average molecular weight is 725 g/mol. The summed E-state index contributed by atoms with van der Waals surface area (Å²) in [6.07, 6.45) is -0.885. The Bertz CT molecular complexity index is 2100. The molecule has 2 bridgehead atoms. The van der Waals surface area contributed by atoms with Gasteiger partial charge in [0.15, 0.2) is 0 Å². The van der Waals surface area contributed by atoms with Gasteiger partial charge < -0.3 is 34.2 Å². The van der Waals surface area contributed by atoms with Gasteiger partial charge in [0, 0.05) is 36.1 Å². The zero-order valence-electron chi connectivity index (χ0n) is 27.7. The Morgan fingerprint density at radius 1 is 1.20 bits per heavy atom. The molecule has 16 heteroatoms. The van der Waals surface area contributed by atoms with E-state index < -0.39 is 29.7 Å². The van der Waals surface area contributed by atoms with Crippen molar-refractivity contribution in [3.05, 3.63) is 39.7 Å². The summed E-state index contributed by atoms with van der Waals surface area (Å²) in [6.45, 7) is 7.45. The van der Waals surface area contributed by atoms with Crippen molar-refractivity contribution < 1.29 is 38.4 Å². The van der Waals surface area contributed by atoms with Crippen LogP contribution in [0.1, 0.15) is 57.2 Å². The first-order valence-electron chi connectivity index (χ1n) is 16.1. The number of nitrogens with one attached hydrogen (secondary N) is 1. The molecule has 2 aromatic carbocycles. The van der Waals surface area contributed by atoms with Crippen molar-refractivity contribution in [3.63, 3.8) is 0 Å². The van der Waals surface area contributed by atoms with Gasteiger partial charge in [-0.25, -0.2) is 14.0 Å². The normalized spacial score (nSPS) is 19.1. The van der Waals surface area contributed by atoms with Gasteiger partial charge >= 0.3 is 18.2 Å². The summed E-state index contributed by atoms with van der Waals surface area (Å²) in [4.78, 5) is 37.8. The van der Waals surface area contributed by atoms with Crippen molar-refractivity contribution >= 4 is 66.9 Å². The molecule has 0 aliphatic carbocycles. The van der Waals surface area contributed by atoms with Crippen LogP contribution in [0.3, 0.4) is 0 Å². The van der Waals surface area contributed by atoms with Crippen LogP contribution in [0.2, 0.25) is 5.02 Å². The molecule has 13 nitrogen and oxygen atoms in total. The first-order valence-corrected chi connectivity index (χ1v) is 17.3. The Hall–Kier alpha value is -4.49. The van der Waals surface area contributed by atoms with Gasteiger partial charge in [-0.1, -0.05) is 17.7 Å². The highest BCUT2D eigenvalue weighted by Crippen LogP contribution is 2.51. The van der Waals surface area contributed by atoms with E-state index in [0.717, 1.165) is 29.7 Å². The van der Waals surface area contributed by atoms with E-state index in [-0.39, 0.29) is 63.6 Å². The molecule has 5 heterocycles.